The second-order valence-corrected chi connectivity index (χ2v) is 5.35. The number of fused-ring (bicyclic) bond motifs is 1. The Morgan fingerprint density at radius 3 is 2.47 bits per heavy atom. The molecule has 3 rings (SSSR count). The van der Waals surface area contributed by atoms with Crippen LogP contribution in [0, 0.1) is 0 Å². The second kappa shape index (κ2) is 4.39. The number of anilines is 1. The molecule has 0 N–H and O–H groups in total. The minimum atomic E-state index is -0.617. The summed E-state index contributed by atoms with van der Waals surface area (Å²) in [6.45, 7) is 0. The number of benzene rings is 2. The van der Waals surface area contributed by atoms with Gasteiger partial charge in [0, 0.05) is 24.2 Å². The van der Waals surface area contributed by atoms with Crippen molar-refractivity contribution < 1.29 is 4.79 Å². The number of carbonyl (C=O) groups excluding carboxylic acids is 1. The van der Waals surface area contributed by atoms with E-state index in [2.05, 4.69) is 17.0 Å². The van der Waals surface area contributed by atoms with Gasteiger partial charge in [-0.1, -0.05) is 41.9 Å². The summed E-state index contributed by atoms with van der Waals surface area (Å²) >= 11 is 5.93. The summed E-state index contributed by atoms with van der Waals surface area (Å²) < 4.78 is 0. The molecule has 19 heavy (non-hydrogen) atoms. The van der Waals surface area contributed by atoms with Crippen molar-refractivity contribution in [3.8, 4) is 0 Å². The van der Waals surface area contributed by atoms with Crippen molar-refractivity contribution in [1.82, 2.24) is 0 Å². The molecule has 96 valence electrons. The van der Waals surface area contributed by atoms with Gasteiger partial charge in [0.05, 0.1) is 0 Å². The van der Waals surface area contributed by atoms with Crippen LogP contribution in [-0.4, -0.2) is 13.3 Å². The molecule has 2 aromatic rings. The van der Waals surface area contributed by atoms with Gasteiger partial charge in [-0.25, -0.2) is 0 Å². The molecule has 0 fully saturated rings. The molecular weight excluding hydrogens is 258 g/mol. The number of para-hydroxylation sites is 1. The Bertz CT molecular complexity index is 623. The van der Waals surface area contributed by atoms with Crippen LogP contribution in [0.3, 0.4) is 0 Å². The minimum absolute atomic E-state index is 0.617. The van der Waals surface area contributed by atoms with E-state index in [0.717, 1.165) is 17.5 Å². The van der Waals surface area contributed by atoms with Crippen LogP contribution in [0.4, 0.5) is 5.69 Å². The lowest BCUT2D eigenvalue weighted by Crippen LogP contribution is -2.43. The van der Waals surface area contributed by atoms with Gasteiger partial charge in [0.15, 0.2) is 0 Å². The third-order valence-corrected chi connectivity index (χ3v) is 4.20. The standard InChI is InChI=1S/C16H14ClNO/c1-18-15-5-3-2-4-12(15)10-16(18,11-19)13-6-8-14(17)9-7-13/h2-9,11H,10H2,1H3. The Hall–Kier alpha value is -1.80. The van der Waals surface area contributed by atoms with E-state index in [9.17, 15) is 4.79 Å². The summed E-state index contributed by atoms with van der Waals surface area (Å²) in [6, 6.07) is 15.7. The average Bonchev–Trinajstić information content (AvgIpc) is 2.74. The Morgan fingerprint density at radius 1 is 1.16 bits per heavy atom. The maximum atomic E-state index is 11.8. The summed E-state index contributed by atoms with van der Waals surface area (Å²) in [4.78, 5) is 13.9. The van der Waals surface area contributed by atoms with Gasteiger partial charge in [-0.2, -0.15) is 0 Å². The molecule has 2 nitrogen and oxygen atoms in total. The van der Waals surface area contributed by atoms with Crippen molar-refractivity contribution >= 4 is 23.6 Å². The molecule has 2 aromatic carbocycles. The lowest BCUT2D eigenvalue weighted by Gasteiger charge is -2.33. The number of nitrogens with zero attached hydrogens (tertiary/aromatic N) is 1. The molecule has 0 aromatic heterocycles. The van der Waals surface area contributed by atoms with Gasteiger partial charge in [-0.05, 0) is 29.3 Å². The highest BCUT2D eigenvalue weighted by Gasteiger charge is 2.42. The number of halogens is 1. The van der Waals surface area contributed by atoms with E-state index in [1.807, 2.05) is 43.4 Å². The van der Waals surface area contributed by atoms with E-state index in [0.29, 0.717) is 11.4 Å². The molecular formula is C16H14ClNO. The van der Waals surface area contributed by atoms with E-state index in [-0.39, 0.29) is 0 Å². The third kappa shape index (κ3) is 1.75. The second-order valence-electron chi connectivity index (χ2n) is 4.91. The highest BCUT2D eigenvalue weighted by Crippen LogP contribution is 2.42. The predicted octanol–water partition coefficient (Wildman–Crippen LogP) is 3.43. The molecule has 1 unspecified atom stereocenters. The van der Waals surface area contributed by atoms with Crippen LogP contribution in [0.5, 0.6) is 0 Å². The predicted molar refractivity (Wildman–Crippen MR) is 77.7 cm³/mol. The zero-order valence-corrected chi connectivity index (χ0v) is 11.4. The number of hydrogen-bond donors (Lipinski definition) is 0. The Labute approximate surface area is 117 Å². The van der Waals surface area contributed by atoms with Crippen LogP contribution in [0.25, 0.3) is 0 Å². The number of hydrogen-bond acceptors (Lipinski definition) is 2. The molecule has 0 saturated heterocycles. The van der Waals surface area contributed by atoms with Gasteiger partial charge in [0.25, 0.3) is 0 Å². The number of aldehydes is 1. The molecule has 0 spiro atoms. The topological polar surface area (TPSA) is 20.3 Å². The Kier molecular flexibility index (Phi) is 2.83. The zero-order chi connectivity index (χ0) is 13.5. The van der Waals surface area contributed by atoms with Crippen LogP contribution in [-0.2, 0) is 16.8 Å². The highest BCUT2D eigenvalue weighted by atomic mass is 35.5. The van der Waals surface area contributed by atoms with E-state index < -0.39 is 5.54 Å². The van der Waals surface area contributed by atoms with Crippen molar-refractivity contribution in [3.63, 3.8) is 0 Å². The third-order valence-electron chi connectivity index (χ3n) is 3.95. The van der Waals surface area contributed by atoms with Gasteiger partial charge in [0.1, 0.15) is 11.8 Å². The minimum Gasteiger partial charge on any atom is -0.358 e. The van der Waals surface area contributed by atoms with Gasteiger partial charge in [0.2, 0.25) is 0 Å². The summed E-state index contributed by atoms with van der Waals surface area (Å²) in [5, 5.41) is 0.683. The molecule has 0 amide bonds. The molecule has 1 aliphatic rings. The molecule has 1 aliphatic heterocycles. The van der Waals surface area contributed by atoms with Crippen molar-refractivity contribution in [3.05, 3.63) is 64.7 Å². The van der Waals surface area contributed by atoms with Crippen LogP contribution >= 0.6 is 11.6 Å². The fraction of sp³-hybridized carbons (Fsp3) is 0.188. The first kappa shape index (κ1) is 12.2. The molecule has 1 heterocycles. The van der Waals surface area contributed by atoms with Gasteiger partial charge < -0.3 is 9.69 Å². The maximum Gasteiger partial charge on any atom is 0.150 e. The summed E-state index contributed by atoms with van der Waals surface area (Å²) in [6.07, 6.45) is 1.74. The van der Waals surface area contributed by atoms with Crippen molar-refractivity contribution in [2.75, 3.05) is 11.9 Å². The quantitative estimate of drug-likeness (QED) is 0.780. The lowest BCUT2D eigenvalue weighted by atomic mass is 9.87. The van der Waals surface area contributed by atoms with Crippen LogP contribution in [0.2, 0.25) is 5.02 Å². The van der Waals surface area contributed by atoms with Crippen LogP contribution in [0.1, 0.15) is 11.1 Å². The van der Waals surface area contributed by atoms with E-state index in [1.54, 1.807) is 0 Å². The van der Waals surface area contributed by atoms with Crippen LogP contribution in [0.15, 0.2) is 48.5 Å². The highest BCUT2D eigenvalue weighted by molar-refractivity contribution is 6.30. The number of rotatable bonds is 2. The fourth-order valence-electron chi connectivity index (χ4n) is 2.83. The summed E-state index contributed by atoms with van der Waals surface area (Å²) in [5.41, 5.74) is 2.68. The van der Waals surface area contributed by atoms with Gasteiger partial charge in [-0.15, -0.1) is 0 Å². The normalized spacial score (nSPS) is 21.3. The fourth-order valence-corrected chi connectivity index (χ4v) is 2.96. The summed E-state index contributed by atoms with van der Waals surface area (Å²) in [7, 11) is 1.97. The van der Waals surface area contributed by atoms with Crippen LogP contribution < -0.4 is 4.90 Å². The van der Waals surface area contributed by atoms with Crippen molar-refractivity contribution in [2.24, 2.45) is 0 Å². The molecule has 1 atom stereocenters. The van der Waals surface area contributed by atoms with E-state index in [1.165, 1.54) is 5.56 Å². The first-order chi connectivity index (χ1) is 9.17. The van der Waals surface area contributed by atoms with Gasteiger partial charge >= 0.3 is 0 Å². The van der Waals surface area contributed by atoms with Gasteiger partial charge in [-0.3, -0.25) is 0 Å². The average molecular weight is 272 g/mol. The molecule has 0 saturated carbocycles. The maximum absolute atomic E-state index is 11.8. The zero-order valence-electron chi connectivity index (χ0n) is 10.6. The largest absolute Gasteiger partial charge is 0.358 e. The molecule has 3 heteroatoms. The SMILES string of the molecule is CN1c2ccccc2CC1(C=O)c1ccc(Cl)cc1. The lowest BCUT2D eigenvalue weighted by molar-refractivity contribution is -0.112. The summed E-state index contributed by atoms with van der Waals surface area (Å²) in [5.74, 6) is 0. The number of likely N-dealkylation sites (N-methyl/N-ethyl adjacent to an activating group) is 1. The monoisotopic (exact) mass is 271 g/mol. The van der Waals surface area contributed by atoms with Crippen molar-refractivity contribution in [1.29, 1.82) is 0 Å². The first-order valence-corrected chi connectivity index (χ1v) is 6.59. The first-order valence-electron chi connectivity index (χ1n) is 6.21. The molecule has 0 radical (unpaired) electrons. The Balaban J connectivity index is 2.12. The van der Waals surface area contributed by atoms with E-state index in [4.69, 9.17) is 11.6 Å². The Morgan fingerprint density at radius 2 is 1.84 bits per heavy atom. The number of carbonyl (C=O) groups is 1. The smallest absolute Gasteiger partial charge is 0.150 e. The van der Waals surface area contributed by atoms with E-state index >= 15 is 0 Å². The molecule has 0 bridgehead atoms. The van der Waals surface area contributed by atoms with Crippen molar-refractivity contribution in [2.45, 2.75) is 12.0 Å². The molecule has 0 aliphatic carbocycles.